The molecule has 0 bridgehead atoms. The number of alkyl halides is 3. The van der Waals surface area contributed by atoms with E-state index in [1.807, 2.05) is 4.90 Å². The molecule has 1 aliphatic heterocycles. The minimum atomic E-state index is -4.94. The molecule has 1 aliphatic rings. The maximum Gasteiger partial charge on any atom is 0.416 e. The summed E-state index contributed by atoms with van der Waals surface area (Å²) in [6, 6.07) is 7.25. The maximum atomic E-state index is 13.1. The summed E-state index contributed by atoms with van der Waals surface area (Å²) in [7, 11) is 0. The van der Waals surface area contributed by atoms with Crippen molar-refractivity contribution in [2.45, 2.75) is 44.3 Å². The minimum Gasteiger partial charge on any atom is -0.382 e. The van der Waals surface area contributed by atoms with Gasteiger partial charge in [-0.1, -0.05) is 11.6 Å². The Bertz CT molecular complexity index is 1580. The molecule has 0 radical (unpaired) electrons. The lowest BCUT2D eigenvalue weighted by atomic mass is 10.2. The summed E-state index contributed by atoms with van der Waals surface area (Å²) in [5.74, 6) is -0.402. The third-order valence-electron chi connectivity index (χ3n) is 6.50. The first-order chi connectivity index (χ1) is 19.0. The van der Waals surface area contributed by atoms with E-state index >= 15 is 0 Å². The molecule has 5 rings (SSSR count). The number of pyridine rings is 1. The fourth-order valence-corrected chi connectivity index (χ4v) is 4.69. The van der Waals surface area contributed by atoms with E-state index in [-0.39, 0.29) is 18.2 Å². The monoisotopic (exact) mass is 577 g/mol. The molecule has 0 aliphatic carbocycles. The van der Waals surface area contributed by atoms with E-state index < -0.39 is 36.5 Å². The molecule has 210 valence electrons. The highest BCUT2D eigenvalue weighted by atomic mass is 35.5. The molecule has 1 aromatic carbocycles. The molecule has 3 N–H and O–H groups in total. The lowest BCUT2D eigenvalue weighted by Crippen LogP contribution is -2.40. The molecule has 16 heteroatoms. The van der Waals surface area contributed by atoms with Gasteiger partial charge in [-0.3, -0.25) is 14.3 Å². The van der Waals surface area contributed by atoms with Crippen LogP contribution in [0.4, 0.5) is 18.9 Å². The number of primary amides is 1. The molecule has 0 spiro atoms. The maximum absolute atomic E-state index is 13.1. The molecule has 4 aromatic rings. The van der Waals surface area contributed by atoms with Crippen LogP contribution in [0.3, 0.4) is 0 Å². The summed E-state index contributed by atoms with van der Waals surface area (Å²) in [5.41, 5.74) is 6.19. The number of nitrogens with two attached hydrogens (primary N) is 1. The van der Waals surface area contributed by atoms with Gasteiger partial charge >= 0.3 is 11.9 Å². The largest absolute Gasteiger partial charge is 0.416 e. The van der Waals surface area contributed by atoms with Crippen LogP contribution in [0.25, 0.3) is 17.1 Å². The van der Waals surface area contributed by atoms with Gasteiger partial charge in [-0.2, -0.15) is 13.2 Å². The molecular weight excluding hydrogens is 555 g/mol. The molecule has 3 aromatic heterocycles. The van der Waals surface area contributed by atoms with Crippen LogP contribution in [0.5, 0.6) is 0 Å². The second kappa shape index (κ2) is 10.7. The summed E-state index contributed by atoms with van der Waals surface area (Å²) < 4.78 is 42.4. The summed E-state index contributed by atoms with van der Waals surface area (Å²) in [5, 5.41) is 18.7. The number of aliphatic hydroxyl groups excluding tert-OH is 1. The Labute approximate surface area is 229 Å². The van der Waals surface area contributed by atoms with Gasteiger partial charge in [0, 0.05) is 23.3 Å². The van der Waals surface area contributed by atoms with Crippen molar-refractivity contribution in [2.75, 3.05) is 11.4 Å². The van der Waals surface area contributed by atoms with Crippen LogP contribution >= 0.6 is 11.6 Å². The van der Waals surface area contributed by atoms with Crippen molar-refractivity contribution in [1.29, 1.82) is 0 Å². The number of rotatable bonds is 8. The topological polar surface area (TPSA) is 150 Å². The SMILES string of the molecule is NC(=O)[C@H]1CCCN1c1ccncc1-n1cnc(Cn2nc(-c3ccc(Cl)cc3)n(C[C@H](O)C(F)(F)F)c2=O)n1. The third kappa shape index (κ3) is 5.42. The summed E-state index contributed by atoms with van der Waals surface area (Å²) in [6.07, 6.45) is -1.82. The molecule has 1 fully saturated rings. The van der Waals surface area contributed by atoms with Crippen LogP contribution in [0, 0.1) is 0 Å². The van der Waals surface area contributed by atoms with Crippen LogP contribution in [-0.2, 0) is 17.9 Å². The predicted octanol–water partition coefficient (Wildman–Crippen LogP) is 1.77. The fourth-order valence-electron chi connectivity index (χ4n) is 4.57. The van der Waals surface area contributed by atoms with Gasteiger partial charge in [-0.05, 0) is 43.2 Å². The normalized spacial score (nSPS) is 16.4. The highest BCUT2D eigenvalue weighted by Crippen LogP contribution is 2.30. The van der Waals surface area contributed by atoms with Gasteiger partial charge in [-0.25, -0.2) is 19.1 Å². The first-order valence-corrected chi connectivity index (χ1v) is 12.5. The van der Waals surface area contributed by atoms with E-state index in [1.165, 1.54) is 35.3 Å². The molecule has 40 heavy (non-hydrogen) atoms. The standard InChI is InChI=1S/C24H23ClF3N9O3/c25-15-5-3-14(4-6-15)22-33-36(23(40)35(22)11-19(38)24(26,27)28)12-20-31-13-37(32-20)18-10-30-8-7-16(18)34-9-1-2-17(34)21(29)39/h3-8,10,13,17,19,38H,1-2,9,11-12H2,(H2,29,39)/t17-,19+/m1/s1. The smallest absolute Gasteiger partial charge is 0.382 e. The second-order valence-electron chi connectivity index (χ2n) is 9.16. The average Bonchev–Trinajstić information content (AvgIpc) is 3.65. The van der Waals surface area contributed by atoms with E-state index in [2.05, 4.69) is 20.2 Å². The Hall–Kier alpha value is -4.24. The zero-order valence-corrected chi connectivity index (χ0v) is 21.5. The molecule has 1 amide bonds. The Morgan fingerprint density at radius 1 is 1.18 bits per heavy atom. The van der Waals surface area contributed by atoms with E-state index in [1.54, 1.807) is 18.5 Å². The van der Waals surface area contributed by atoms with Gasteiger partial charge in [0.2, 0.25) is 5.91 Å². The Morgan fingerprint density at radius 3 is 2.62 bits per heavy atom. The Kier molecular flexibility index (Phi) is 7.33. The first kappa shape index (κ1) is 27.3. The number of carbonyl (C=O) groups excluding carboxylic acids is 1. The Morgan fingerprint density at radius 2 is 1.93 bits per heavy atom. The number of carbonyl (C=O) groups is 1. The van der Waals surface area contributed by atoms with Crippen molar-refractivity contribution in [2.24, 2.45) is 5.73 Å². The van der Waals surface area contributed by atoms with E-state index in [0.717, 1.165) is 15.7 Å². The number of benzene rings is 1. The van der Waals surface area contributed by atoms with Gasteiger partial charge in [0.1, 0.15) is 24.6 Å². The molecule has 12 nitrogen and oxygen atoms in total. The van der Waals surface area contributed by atoms with Gasteiger partial charge in [-0.15, -0.1) is 10.2 Å². The van der Waals surface area contributed by atoms with Crippen molar-refractivity contribution in [3.05, 3.63) is 70.4 Å². The molecule has 2 atom stereocenters. The van der Waals surface area contributed by atoms with E-state index in [9.17, 15) is 27.9 Å². The summed E-state index contributed by atoms with van der Waals surface area (Å²) >= 11 is 5.92. The first-order valence-electron chi connectivity index (χ1n) is 12.1. The van der Waals surface area contributed by atoms with Gasteiger partial charge in [0.15, 0.2) is 17.8 Å². The highest BCUT2D eigenvalue weighted by molar-refractivity contribution is 6.30. The number of hydrogen-bond acceptors (Lipinski definition) is 8. The number of hydrogen-bond donors (Lipinski definition) is 2. The summed E-state index contributed by atoms with van der Waals surface area (Å²) in [6.45, 7) is -0.723. The number of amides is 1. The fraction of sp³-hybridized carbons (Fsp3) is 0.333. The molecule has 0 unspecified atom stereocenters. The minimum absolute atomic E-state index is 0.0922. The van der Waals surface area contributed by atoms with Gasteiger partial charge in [0.05, 0.1) is 18.4 Å². The molecule has 0 saturated carbocycles. The van der Waals surface area contributed by atoms with Crippen molar-refractivity contribution >= 4 is 23.2 Å². The van der Waals surface area contributed by atoms with E-state index in [0.29, 0.717) is 34.9 Å². The van der Waals surface area contributed by atoms with Gasteiger partial charge < -0.3 is 15.7 Å². The molecule has 4 heterocycles. The van der Waals surface area contributed by atoms with Crippen molar-refractivity contribution in [3.8, 4) is 17.1 Å². The highest BCUT2D eigenvalue weighted by Gasteiger charge is 2.39. The number of aliphatic hydroxyl groups is 1. The lowest BCUT2D eigenvalue weighted by molar-refractivity contribution is -0.207. The lowest BCUT2D eigenvalue weighted by Gasteiger charge is -2.26. The average molecular weight is 578 g/mol. The van der Waals surface area contributed by atoms with Crippen molar-refractivity contribution in [1.82, 2.24) is 34.1 Å². The molecule has 1 saturated heterocycles. The summed E-state index contributed by atoms with van der Waals surface area (Å²) in [4.78, 5) is 35.3. The number of aromatic nitrogens is 7. The molecular formula is C24H23ClF3N9O3. The van der Waals surface area contributed by atoms with Crippen LogP contribution in [-0.4, -0.2) is 70.0 Å². The van der Waals surface area contributed by atoms with Crippen LogP contribution in [0.15, 0.2) is 53.8 Å². The Balaban J connectivity index is 1.47. The second-order valence-corrected chi connectivity index (χ2v) is 9.60. The van der Waals surface area contributed by atoms with Crippen LogP contribution < -0.4 is 16.3 Å². The predicted molar refractivity (Wildman–Crippen MR) is 137 cm³/mol. The van der Waals surface area contributed by atoms with E-state index in [4.69, 9.17) is 17.3 Å². The quantitative estimate of drug-likeness (QED) is 0.322. The zero-order chi connectivity index (χ0) is 28.6. The van der Waals surface area contributed by atoms with Crippen molar-refractivity contribution in [3.63, 3.8) is 0 Å². The zero-order valence-electron chi connectivity index (χ0n) is 20.7. The van der Waals surface area contributed by atoms with Gasteiger partial charge in [0.25, 0.3) is 0 Å². The number of nitrogens with zero attached hydrogens (tertiary/aromatic N) is 8. The van der Waals surface area contributed by atoms with Crippen LogP contribution in [0.1, 0.15) is 18.7 Å². The third-order valence-corrected chi connectivity index (χ3v) is 6.76. The van der Waals surface area contributed by atoms with Crippen molar-refractivity contribution < 1.29 is 23.1 Å². The number of halogens is 4. The van der Waals surface area contributed by atoms with Crippen LogP contribution in [0.2, 0.25) is 5.02 Å². The number of anilines is 1.